The number of aryl methyl sites for hydroxylation is 3. The van der Waals surface area contributed by atoms with Crippen molar-refractivity contribution in [3.8, 4) is 22.3 Å². The van der Waals surface area contributed by atoms with Gasteiger partial charge in [-0.1, -0.05) is 117 Å². The Kier molecular flexibility index (Phi) is 7.92. The molecular formula is C33H32F2. The van der Waals surface area contributed by atoms with Crippen LogP contribution in [0.3, 0.4) is 0 Å². The predicted octanol–water partition coefficient (Wildman–Crippen LogP) is 10.00. The Balaban J connectivity index is 1.57. The van der Waals surface area contributed by atoms with Crippen LogP contribution >= 0.6 is 0 Å². The van der Waals surface area contributed by atoms with Crippen molar-refractivity contribution in [1.29, 1.82) is 0 Å². The van der Waals surface area contributed by atoms with Gasteiger partial charge in [0.25, 0.3) is 0 Å². The molecule has 4 rings (SSSR count). The van der Waals surface area contributed by atoms with Crippen LogP contribution in [0.5, 0.6) is 0 Å². The summed E-state index contributed by atoms with van der Waals surface area (Å²) in [6, 6.07) is 29.1. The highest BCUT2D eigenvalue weighted by Crippen LogP contribution is 2.33. The number of hydrogen-bond donors (Lipinski definition) is 0. The third-order valence-corrected chi connectivity index (χ3v) is 6.54. The Morgan fingerprint density at radius 1 is 0.629 bits per heavy atom. The molecule has 0 atom stereocenters. The van der Waals surface area contributed by atoms with E-state index in [0.717, 1.165) is 29.5 Å². The standard InChI is InChI=1S/C33H32F2/c1-4-6-7-24-10-14-27(15-11-24)31-21-20-30(22-25(31)5-2)26-16-18-29(19-17-26)33(35)32(34)28-12-8-23(3)9-13-28/h8-22H,4-7H2,1-3H3/b33-32+. The first-order valence-electron chi connectivity index (χ1n) is 12.5. The molecule has 0 aliphatic rings. The van der Waals surface area contributed by atoms with E-state index in [1.54, 1.807) is 36.4 Å². The molecule has 35 heavy (non-hydrogen) atoms. The maximum absolute atomic E-state index is 14.8. The summed E-state index contributed by atoms with van der Waals surface area (Å²) in [7, 11) is 0. The first-order chi connectivity index (χ1) is 17.0. The van der Waals surface area contributed by atoms with Crippen molar-refractivity contribution in [2.75, 3.05) is 0 Å². The largest absolute Gasteiger partial charge is 0.203 e. The SMILES string of the molecule is CCCCc1ccc(-c2ccc(-c3ccc(/C(F)=C(\F)c4ccc(C)cc4)cc3)cc2CC)cc1. The first-order valence-corrected chi connectivity index (χ1v) is 12.5. The minimum absolute atomic E-state index is 0.238. The summed E-state index contributed by atoms with van der Waals surface area (Å²) in [5.74, 6) is -1.68. The molecule has 0 saturated heterocycles. The van der Waals surface area contributed by atoms with Crippen LogP contribution in [0.15, 0.2) is 91.0 Å². The molecule has 0 nitrogen and oxygen atoms in total. The molecule has 0 fully saturated rings. The normalized spacial score (nSPS) is 11.9. The second-order valence-electron chi connectivity index (χ2n) is 9.10. The van der Waals surface area contributed by atoms with Crippen LogP contribution in [0.25, 0.3) is 33.9 Å². The van der Waals surface area contributed by atoms with Crippen LogP contribution in [-0.2, 0) is 12.8 Å². The highest BCUT2D eigenvalue weighted by Gasteiger charge is 2.12. The molecule has 2 heteroatoms. The molecule has 178 valence electrons. The molecule has 0 aromatic heterocycles. The molecule has 0 bridgehead atoms. The third-order valence-electron chi connectivity index (χ3n) is 6.54. The van der Waals surface area contributed by atoms with Gasteiger partial charge in [0.1, 0.15) is 0 Å². The van der Waals surface area contributed by atoms with Gasteiger partial charge in [-0.2, -0.15) is 0 Å². The van der Waals surface area contributed by atoms with Gasteiger partial charge in [-0.3, -0.25) is 0 Å². The molecule has 4 aromatic rings. The van der Waals surface area contributed by atoms with Gasteiger partial charge in [0.2, 0.25) is 0 Å². The van der Waals surface area contributed by atoms with E-state index in [9.17, 15) is 8.78 Å². The molecule has 0 heterocycles. The van der Waals surface area contributed by atoms with Crippen molar-refractivity contribution in [2.45, 2.75) is 46.5 Å². The van der Waals surface area contributed by atoms with Crippen molar-refractivity contribution >= 4 is 11.7 Å². The summed E-state index contributed by atoms with van der Waals surface area (Å²) < 4.78 is 29.5. The summed E-state index contributed by atoms with van der Waals surface area (Å²) >= 11 is 0. The topological polar surface area (TPSA) is 0 Å². The van der Waals surface area contributed by atoms with E-state index in [2.05, 4.69) is 56.3 Å². The molecule has 0 spiro atoms. The highest BCUT2D eigenvalue weighted by molar-refractivity contribution is 5.84. The third kappa shape index (κ3) is 5.77. The van der Waals surface area contributed by atoms with Crippen molar-refractivity contribution in [3.63, 3.8) is 0 Å². The van der Waals surface area contributed by atoms with Gasteiger partial charge in [0.05, 0.1) is 0 Å². The van der Waals surface area contributed by atoms with Gasteiger partial charge in [0.15, 0.2) is 11.7 Å². The maximum Gasteiger partial charge on any atom is 0.166 e. The zero-order valence-corrected chi connectivity index (χ0v) is 20.7. The van der Waals surface area contributed by atoms with Crippen LogP contribution in [0.1, 0.15) is 54.5 Å². The molecule has 4 aromatic carbocycles. The van der Waals surface area contributed by atoms with Crippen LogP contribution in [-0.4, -0.2) is 0 Å². The summed E-state index contributed by atoms with van der Waals surface area (Å²) in [4.78, 5) is 0. The van der Waals surface area contributed by atoms with Crippen molar-refractivity contribution in [3.05, 3.63) is 119 Å². The van der Waals surface area contributed by atoms with E-state index in [1.807, 2.05) is 19.1 Å². The number of benzene rings is 4. The van der Waals surface area contributed by atoms with Crippen LogP contribution in [0.2, 0.25) is 0 Å². The fourth-order valence-corrected chi connectivity index (χ4v) is 4.34. The van der Waals surface area contributed by atoms with Gasteiger partial charge in [-0.15, -0.1) is 0 Å². The fourth-order valence-electron chi connectivity index (χ4n) is 4.34. The van der Waals surface area contributed by atoms with Gasteiger partial charge in [-0.05, 0) is 59.6 Å². The summed E-state index contributed by atoms with van der Waals surface area (Å²) in [5.41, 5.74) is 8.66. The lowest BCUT2D eigenvalue weighted by atomic mass is 9.92. The summed E-state index contributed by atoms with van der Waals surface area (Å²) in [6.07, 6.45) is 4.45. The average Bonchev–Trinajstić information content (AvgIpc) is 2.91. The number of hydrogen-bond acceptors (Lipinski definition) is 0. The number of rotatable bonds is 8. The van der Waals surface area contributed by atoms with Gasteiger partial charge < -0.3 is 0 Å². The Morgan fingerprint density at radius 3 is 1.74 bits per heavy atom. The Hall–Kier alpha value is -3.52. The number of halogens is 2. The minimum Gasteiger partial charge on any atom is -0.203 e. The quantitative estimate of drug-likeness (QED) is 0.227. The van der Waals surface area contributed by atoms with E-state index in [-0.39, 0.29) is 11.1 Å². The van der Waals surface area contributed by atoms with E-state index in [0.29, 0.717) is 0 Å². The number of unbranched alkanes of at least 4 members (excludes halogenated alkanes) is 1. The maximum atomic E-state index is 14.8. The minimum atomic E-state index is -0.840. The lowest BCUT2D eigenvalue weighted by Gasteiger charge is -2.12. The summed E-state index contributed by atoms with van der Waals surface area (Å²) in [6.45, 7) is 6.30. The smallest absolute Gasteiger partial charge is 0.166 e. The highest BCUT2D eigenvalue weighted by atomic mass is 19.2. The zero-order valence-electron chi connectivity index (χ0n) is 20.7. The van der Waals surface area contributed by atoms with Crippen molar-refractivity contribution < 1.29 is 8.78 Å². The molecule has 0 aliphatic carbocycles. The second-order valence-corrected chi connectivity index (χ2v) is 9.10. The first kappa shape index (κ1) is 24.6. The predicted molar refractivity (Wildman–Crippen MR) is 146 cm³/mol. The van der Waals surface area contributed by atoms with Gasteiger partial charge in [-0.25, -0.2) is 8.78 Å². The Morgan fingerprint density at radius 2 is 1.17 bits per heavy atom. The van der Waals surface area contributed by atoms with E-state index >= 15 is 0 Å². The zero-order chi connectivity index (χ0) is 24.8. The molecule has 0 radical (unpaired) electrons. The fraction of sp³-hybridized carbons (Fsp3) is 0.212. The molecule has 0 saturated carbocycles. The Bertz CT molecular complexity index is 1300. The summed E-state index contributed by atoms with van der Waals surface area (Å²) in [5, 5.41) is 0. The van der Waals surface area contributed by atoms with Crippen molar-refractivity contribution in [2.24, 2.45) is 0 Å². The lowest BCUT2D eigenvalue weighted by molar-refractivity contribution is 0.700. The van der Waals surface area contributed by atoms with Crippen LogP contribution in [0, 0.1) is 6.92 Å². The van der Waals surface area contributed by atoms with E-state index in [1.165, 1.54) is 35.1 Å². The second kappa shape index (κ2) is 11.3. The lowest BCUT2D eigenvalue weighted by Crippen LogP contribution is -1.91. The molecular weight excluding hydrogens is 434 g/mol. The molecule has 0 unspecified atom stereocenters. The van der Waals surface area contributed by atoms with Gasteiger partial charge >= 0.3 is 0 Å². The average molecular weight is 467 g/mol. The van der Waals surface area contributed by atoms with Crippen LogP contribution in [0.4, 0.5) is 8.78 Å². The van der Waals surface area contributed by atoms with Crippen LogP contribution < -0.4 is 0 Å². The van der Waals surface area contributed by atoms with E-state index in [4.69, 9.17) is 0 Å². The molecule has 0 aliphatic heterocycles. The van der Waals surface area contributed by atoms with Crippen molar-refractivity contribution in [1.82, 2.24) is 0 Å². The van der Waals surface area contributed by atoms with E-state index < -0.39 is 11.7 Å². The monoisotopic (exact) mass is 466 g/mol. The molecule has 0 amide bonds. The Labute approximate surface area is 208 Å². The van der Waals surface area contributed by atoms with Gasteiger partial charge in [0, 0.05) is 11.1 Å². The molecule has 0 N–H and O–H groups in total.